The first-order chi connectivity index (χ1) is 11.8. The topological polar surface area (TPSA) is 66.8 Å². The van der Waals surface area contributed by atoms with Crippen LogP contribution >= 0.6 is 0 Å². The van der Waals surface area contributed by atoms with Gasteiger partial charge >= 0.3 is 0 Å². The zero-order valence-electron chi connectivity index (χ0n) is 13.9. The molecular formula is C18H23N5O. The van der Waals surface area contributed by atoms with E-state index in [4.69, 9.17) is 0 Å². The molecule has 6 heteroatoms. The van der Waals surface area contributed by atoms with E-state index in [0.29, 0.717) is 5.92 Å². The van der Waals surface area contributed by atoms with Crippen LogP contribution in [0, 0.1) is 5.92 Å². The van der Waals surface area contributed by atoms with Gasteiger partial charge in [-0.3, -0.25) is 14.8 Å². The van der Waals surface area contributed by atoms with Gasteiger partial charge in [0.1, 0.15) is 0 Å². The molecule has 0 amide bonds. The Labute approximate surface area is 140 Å². The predicted octanol–water partition coefficient (Wildman–Crippen LogP) is 1.08. The van der Waals surface area contributed by atoms with Gasteiger partial charge in [-0.1, -0.05) is 0 Å². The summed E-state index contributed by atoms with van der Waals surface area (Å²) in [5.41, 5.74) is 6.40. The molecule has 2 aromatic rings. The third kappa shape index (κ3) is 2.40. The number of aromatic nitrogens is 4. The van der Waals surface area contributed by atoms with Crippen molar-refractivity contribution in [2.24, 2.45) is 5.92 Å². The Morgan fingerprint density at radius 3 is 2.96 bits per heavy atom. The molecule has 1 N–H and O–H groups in total. The van der Waals surface area contributed by atoms with Gasteiger partial charge in [0.25, 0.3) is 5.56 Å². The van der Waals surface area contributed by atoms with Gasteiger partial charge in [-0.25, -0.2) is 4.68 Å². The lowest BCUT2D eigenvalue weighted by Gasteiger charge is -2.39. The number of nitrogens with zero attached hydrogens (tertiary/aromatic N) is 4. The Hall–Kier alpha value is -1.95. The summed E-state index contributed by atoms with van der Waals surface area (Å²) in [5, 5.41) is 12.3. The number of aryl methyl sites for hydroxylation is 3. The highest BCUT2D eigenvalue weighted by Gasteiger charge is 2.30. The summed E-state index contributed by atoms with van der Waals surface area (Å²) >= 11 is 0. The van der Waals surface area contributed by atoms with Crippen molar-refractivity contribution >= 4 is 0 Å². The second kappa shape index (κ2) is 5.55. The molecular weight excluding hydrogens is 302 g/mol. The SMILES string of the molecule is O=c1cc2c(nn1CC1CN(Cc3n[nH]c4c3CCC4)C1)CCC2. The van der Waals surface area contributed by atoms with Crippen molar-refractivity contribution in [3.05, 3.63) is 44.6 Å². The standard InChI is InChI=1S/C18H23N5O/c24-18-7-13-3-1-5-15(13)21-23(18)10-12-8-22(9-12)11-17-14-4-2-6-16(14)19-20-17/h7,12H,1-6,8-11H2,(H,19,20). The van der Waals surface area contributed by atoms with Crippen LogP contribution in [0.25, 0.3) is 0 Å². The first-order valence-electron chi connectivity index (χ1n) is 9.13. The molecule has 0 radical (unpaired) electrons. The Bertz CT molecular complexity index is 830. The van der Waals surface area contributed by atoms with E-state index in [0.717, 1.165) is 57.6 Å². The molecule has 6 nitrogen and oxygen atoms in total. The molecule has 0 atom stereocenters. The molecule has 0 unspecified atom stereocenters. The van der Waals surface area contributed by atoms with E-state index in [1.165, 1.54) is 35.4 Å². The monoisotopic (exact) mass is 325 g/mol. The minimum absolute atomic E-state index is 0.0687. The fraction of sp³-hybridized carbons (Fsp3) is 0.611. The van der Waals surface area contributed by atoms with E-state index in [9.17, 15) is 4.79 Å². The molecule has 5 rings (SSSR count). The fourth-order valence-corrected chi connectivity index (χ4v) is 4.47. The Balaban J connectivity index is 1.21. The molecule has 1 aliphatic heterocycles. The smallest absolute Gasteiger partial charge is 0.267 e. The number of aromatic amines is 1. The van der Waals surface area contributed by atoms with Crippen LogP contribution in [-0.2, 0) is 38.8 Å². The lowest BCUT2D eigenvalue weighted by Crippen LogP contribution is -2.49. The Morgan fingerprint density at radius 2 is 2.04 bits per heavy atom. The summed E-state index contributed by atoms with van der Waals surface area (Å²) in [4.78, 5) is 14.6. The number of hydrogen-bond donors (Lipinski definition) is 1. The van der Waals surface area contributed by atoms with Crippen LogP contribution < -0.4 is 5.56 Å². The molecule has 2 aliphatic carbocycles. The van der Waals surface area contributed by atoms with Gasteiger partial charge in [0.05, 0.1) is 17.9 Å². The maximum Gasteiger partial charge on any atom is 0.267 e. The average molecular weight is 325 g/mol. The highest BCUT2D eigenvalue weighted by atomic mass is 16.1. The van der Waals surface area contributed by atoms with Crippen LogP contribution in [0.1, 0.15) is 41.1 Å². The van der Waals surface area contributed by atoms with Crippen molar-refractivity contribution in [3.8, 4) is 0 Å². The van der Waals surface area contributed by atoms with E-state index >= 15 is 0 Å². The van der Waals surface area contributed by atoms with Gasteiger partial charge < -0.3 is 0 Å². The number of nitrogens with one attached hydrogen (secondary N) is 1. The Kier molecular flexibility index (Phi) is 3.33. The van der Waals surface area contributed by atoms with Gasteiger partial charge in [-0.15, -0.1) is 0 Å². The first-order valence-corrected chi connectivity index (χ1v) is 9.13. The van der Waals surface area contributed by atoms with Crippen molar-refractivity contribution in [1.82, 2.24) is 24.9 Å². The minimum atomic E-state index is 0.0687. The fourth-order valence-electron chi connectivity index (χ4n) is 4.47. The van der Waals surface area contributed by atoms with E-state index in [1.54, 1.807) is 10.7 Å². The number of rotatable bonds is 4. The molecule has 0 saturated carbocycles. The summed E-state index contributed by atoms with van der Waals surface area (Å²) in [7, 11) is 0. The highest BCUT2D eigenvalue weighted by molar-refractivity contribution is 5.29. The van der Waals surface area contributed by atoms with Gasteiger partial charge in [-0.2, -0.15) is 10.2 Å². The molecule has 3 aliphatic rings. The van der Waals surface area contributed by atoms with Crippen molar-refractivity contribution in [2.75, 3.05) is 13.1 Å². The van der Waals surface area contributed by atoms with Gasteiger partial charge in [0.2, 0.25) is 0 Å². The zero-order valence-corrected chi connectivity index (χ0v) is 13.9. The maximum atomic E-state index is 12.2. The first kappa shape index (κ1) is 14.4. The molecule has 126 valence electrons. The molecule has 0 spiro atoms. The second-order valence-electron chi connectivity index (χ2n) is 7.53. The quantitative estimate of drug-likeness (QED) is 0.913. The molecule has 1 saturated heterocycles. The number of hydrogen-bond acceptors (Lipinski definition) is 4. The lowest BCUT2D eigenvalue weighted by molar-refractivity contribution is 0.0750. The summed E-state index contributed by atoms with van der Waals surface area (Å²) < 4.78 is 1.69. The molecule has 1 fully saturated rings. The van der Waals surface area contributed by atoms with Crippen LogP contribution in [0.2, 0.25) is 0 Å². The van der Waals surface area contributed by atoms with Crippen molar-refractivity contribution in [2.45, 2.75) is 51.6 Å². The molecule has 0 aromatic carbocycles. The summed E-state index contributed by atoms with van der Waals surface area (Å²) in [6.07, 6.45) is 6.76. The normalized spacial score (nSPS) is 20.2. The van der Waals surface area contributed by atoms with Crippen molar-refractivity contribution in [1.29, 1.82) is 0 Å². The van der Waals surface area contributed by atoms with E-state index in [-0.39, 0.29) is 5.56 Å². The summed E-state index contributed by atoms with van der Waals surface area (Å²) in [5.74, 6) is 0.529. The van der Waals surface area contributed by atoms with E-state index < -0.39 is 0 Å². The molecule has 0 bridgehead atoms. The van der Waals surface area contributed by atoms with Gasteiger partial charge in [0, 0.05) is 37.3 Å². The molecule has 2 aromatic heterocycles. The van der Waals surface area contributed by atoms with Crippen molar-refractivity contribution in [3.63, 3.8) is 0 Å². The second-order valence-corrected chi connectivity index (χ2v) is 7.53. The molecule has 24 heavy (non-hydrogen) atoms. The maximum absolute atomic E-state index is 12.2. The average Bonchev–Trinajstić information content (AvgIpc) is 3.22. The third-order valence-electron chi connectivity index (χ3n) is 5.75. The highest BCUT2D eigenvalue weighted by Crippen LogP contribution is 2.26. The summed E-state index contributed by atoms with van der Waals surface area (Å²) in [6, 6.07) is 1.80. The third-order valence-corrected chi connectivity index (χ3v) is 5.75. The minimum Gasteiger partial charge on any atom is -0.297 e. The van der Waals surface area contributed by atoms with Crippen LogP contribution in [0.4, 0.5) is 0 Å². The van der Waals surface area contributed by atoms with E-state index in [1.807, 2.05) is 0 Å². The predicted molar refractivity (Wildman–Crippen MR) is 89.9 cm³/mol. The van der Waals surface area contributed by atoms with Gasteiger partial charge in [-0.05, 0) is 49.7 Å². The van der Waals surface area contributed by atoms with Crippen LogP contribution in [0.15, 0.2) is 10.9 Å². The largest absolute Gasteiger partial charge is 0.297 e. The number of fused-ring (bicyclic) bond motifs is 2. The zero-order chi connectivity index (χ0) is 16.1. The van der Waals surface area contributed by atoms with Crippen LogP contribution in [0.5, 0.6) is 0 Å². The van der Waals surface area contributed by atoms with Crippen molar-refractivity contribution < 1.29 is 0 Å². The summed E-state index contributed by atoms with van der Waals surface area (Å²) in [6.45, 7) is 3.76. The molecule has 3 heterocycles. The van der Waals surface area contributed by atoms with E-state index in [2.05, 4.69) is 20.2 Å². The number of likely N-dealkylation sites (tertiary alicyclic amines) is 1. The van der Waals surface area contributed by atoms with Crippen LogP contribution in [0.3, 0.4) is 0 Å². The number of H-pyrrole nitrogens is 1. The van der Waals surface area contributed by atoms with Crippen LogP contribution in [-0.4, -0.2) is 38.0 Å². The Morgan fingerprint density at radius 1 is 1.17 bits per heavy atom. The van der Waals surface area contributed by atoms with Gasteiger partial charge in [0.15, 0.2) is 0 Å². The lowest BCUT2D eigenvalue weighted by atomic mass is 9.99.